The molecule has 6 heteroatoms. The molecule has 2 fully saturated rings. The number of pyridine rings is 1. The Kier molecular flexibility index (Phi) is 4.72. The van der Waals surface area contributed by atoms with Gasteiger partial charge in [0.2, 0.25) is 5.91 Å². The van der Waals surface area contributed by atoms with Crippen molar-refractivity contribution in [1.82, 2.24) is 14.5 Å². The molecule has 1 saturated heterocycles. The number of aryl methyl sites for hydroxylation is 1. The Morgan fingerprint density at radius 3 is 2.50 bits per heavy atom. The Balaban J connectivity index is 1.37. The summed E-state index contributed by atoms with van der Waals surface area (Å²) in [5.74, 6) is -0.106. The van der Waals surface area contributed by atoms with Crippen molar-refractivity contribution in [3.05, 3.63) is 64.3 Å². The number of hydrogen-bond acceptors (Lipinski definition) is 4. The van der Waals surface area contributed by atoms with Crippen LogP contribution >= 0.6 is 0 Å². The minimum atomic E-state index is -0.388. The first kappa shape index (κ1) is 19.1. The van der Waals surface area contributed by atoms with Crippen LogP contribution in [0, 0.1) is 6.92 Å². The lowest BCUT2D eigenvalue weighted by Crippen LogP contribution is -2.49. The van der Waals surface area contributed by atoms with Gasteiger partial charge in [-0.25, -0.2) is 9.78 Å². The van der Waals surface area contributed by atoms with Gasteiger partial charge < -0.3 is 9.32 Å². The molecule has 0 N–H and O–H groups in total. The molecule has 3 heterocycles. The number of amides is 1. The van der Waals surface area contributed by atoms with E-state index in [2.05, 4.69) is 36.2 Å². The van der Waals surface area contributed by atoms with E-state index in [1.54, 1.807) is 22.9 Å². The predicted molar refractivity (Wildman–Crippen MR) is 114 cm³/mol. The Labute approximate surface area is 175 Å². The Bertz CT molecular complexity index is 1110. The number of oxazole rings is 1. The Morgan fingerprint density at radius 1 is 1.10 bits per heavy atom. The van der Waals surface area contributed by atoms with Crippen molar-refractivity contribution in [3.8, 4) is 0 Å². The largest absolute Gasteiger partial charge is 0.421 e. The Hall–Kier alpha value is -2.89. The second-order valence-corrected chi connectivity index (χ2v) is 8.74. The van der Waals surface area contributed by atoms with Gasteiger partial charge in [-0.05, 0) is 50.3 Å². The zero-order valence-corrected chi connectivity index (χ0v) is 17.3. The number of benzene rings is 1. The van der Waals surface area contributed by atoms with Crippen LogP contribution in [0.2, 0.25) is 0 Å². The van der Waals surface area contributed by atoms with Crippen molar-refractivity contribution in [1.29, 1.82) is 0 Å². The zero-order chi connectivity index (χ0) is 20.7. The van der Waals surface area contributed by atoms with Crippen molar-refractivity contribution >= 4 is 17.1 Å². The molecule has 0 radical (unpaired) electrons. The summed E-state index contributed by atoms with van der Waals surface area (Å²) < 4.78 is 7.02. The maximum absolute atomic E-state index is 13.7. The number of likely N-dealkylation sites (tertiary alicyclic amines) is 1. The molecule has 0 unspecified atom stereocenters. The van der Waals surface area contributed by atoms with E-state index in [1.807, 2.05) is 4.90 Å². The highest BCUT2D eigenvalue weighted by Gasteiger charge is 2.45. The van der Waals surface area contributed by atoms with Crippen molar-refractivity contribution in [3.63, 3.8) is 0 Å². The lowest BCUT2D eigenvalue weighted by Gasteiger charge is -2.39. The molecule has 0 atom stereocenters. The van der Waals surface area contributed by atoms with Gasteiger partial charge in [0.05, 0.1) is 5.41 Å². The summed E-state index contributed by atoms with van der Waals surface area (Å²) in [5.41, 5.74) is 3.09. The van der Waals surface area contributed by atoms with E-state index in [0.717, 1.165) is 44.1 Å². The van der Waals surface area contributed by atoms with Gasteiger partial charge in [0.15, 0.2) is 11.2 Å². The zero-order valence-electron chi connectivity index (χ0n) is 17.3. The molecule has 3 aromatic rings. The molecule has 2 aliphatic rings. The molecule has 6 nitrogen and oxygen atoms in total. The third kappa shape index (κ3) is 3.06. The van der Waals surface area contributed by atoms with E-state index in [1.165, 1.54) is 5.56 Å². The molecule has 0 bridgehead atoms. The molecule has 0 spiro atoms. The minimum absolute atomic E-state index is 0.0107. The first-order chi connectivity index (χ1) is 14.6. The number of nitrogens with zero attached hydrogens (tertiary/aromatic N) is 3. The number of carbonyl (C=O) groups is 1. The standard InChI is InChI=1S/C24H27N3O3/c1-17-6-8-18(9-7-17)24(12-2-3-13-24)22(28)26-15-10-19(11-16-26)27-21-20(30-23(27)29)5-4-14-25-21/h4-9,14,19H,2-3,10-13,15-16H2,1H3. The van der Waals surface area contributed by atoms with Crippen molar-refractivity contribution in [2.75, 3.05) is 13.1 Å². The summed E-state index contributed by atoms with van der Waals surface area (Å²) in [4.78, 5) is 32.5. The van der Waals surface area contributed by atoms with E-state index in [9.17, 15) is 9.59 Å². The molecule has 5 rings (SSSR count). The van der Waals surface area contributed by atoms with Crippen LogP contribution in [0.15, 0.2) is 51.8 Å². The number of aromatic nitrogens is 2. The monoisotopic (exact) mass is 405 g/mol. The molecule has 1 amide bonds. The number of carbonyl (C=O) groups excluding carboxylic acids is 1. The summed E-state index contributed by atoms with van der Waals surface area (Å²) in [6, 6.07) is 12.0. The highest BCUT2D eigenvalue weighted by Crippen LogP contribution is 2.43. The fraction of sp³-hybridized carbons (Fsp3) is 0.458. The molecule has 30 heavy (non-hydrogen) atoms. The summed E-state index contributed by atoms with van der Waals surface area (Å²) in [7, 11) is 0. The average molecular weight is 405 g/mol. The topological polar surface area (TPSA) is 68.3 Å². The second-order valence-electron chi connectivity index (χ2n) is 8.74. The number of rotatable bonds is 3. The van der Waals surface area contributed by atoms with Crippen LogP contribution in [0.4, 0.5) is 0 Å². The van der Waals surface area contributed by atoms with E-state index in [-0.39, 0.29) is 23.1 Å². The van der Waals surface area contributed by atoms with Gasteiger partial charge >= 0.3 is 5.76 Å². The average Bonchev–Trinajstić information content (AvgIpc) is 3.39. The lowest BCUT2D eigenvalue weighted by molar-refractivity contribution is -0.138. The first-order valence-corrected chi connectivity index (χ1v) is 10.9. The maximum atomic E-state index is 13.7. The highest BCUT2D eigenvalue weighted by atomic mass is 16.4. The van der Waals surface area contributed by atoms with E-state index in [0.29, 0.717) is 24.3 Å². The molecule has 1 saturated carbocycles. The molecule has 1 aromatic carbocycles. The molecule has 1 aliphatic carbocycles. The summed E-state index contributed by atoms with van der Waals surface area (Å²) in [5, 5.41) is 0. The SMILES string of the molecule is Cc1ccc(C2(C(=O)N3CCC(n4c(=O)oc5cccnc54)CC3)CCCC2)cc1. The summed E-state index contributed by atoms with van der Waals surface area (Å²) in [6.07, 6.45) is 7.19. The van der Waals surface area contributed by atoms with Crippen LogP contribution in [0.5, 0.6) is 0 Å². The van der Waals surface area contributed by atoms with E-state index in [4.69, 9.17) is 4.42 Å². The Morgan fingerprint density at radius 2 is 1.80 bits per heavy atom. The van der Waals surface area contributed by atoms with Crippen molar-refractivity contribution in [2.45, 2.75) is 56.9 Å². The first-order valence-electron chi connectivity index (χ1n) is 10.9. The van der Waals surface area contributed by atoms with Gasteiger partial charge in [0.25, 0.3) is 0 Å². The third-order valence-corrected chi connectivity index (χ3v) is 6.96. The minimum Gasteiger partial charge on any atom is -0.406 e. The normalized spacial score (nSPS) is 19.4. The molecular weight excluding hydrogens is 378 g/mol. The van der Waals surface area contributed by atoms with Gasteiger partial charge in [-0.2, -0.15) is 0 Å². The van der Waals surface area contributed by atoms with Crippen molar-refractivity contribution in [2.24, 2.45) is 0 Å². The number of hydrogen-bond donors (Lipinski definition) is 0. The quantitative estimate of drug-likeness (QED) is 0.661. The third-order valence-electron chi connectivity index (χ3n) is 6.96. The van der Waals surface area contributed by atoms with Crippen LogP contribution in [-0.4, -0.2) is 33.4 Å². The second kappa shape index (κ2) is 7.42. The smallest absolute Gasteiger partial charge is 0.406 e. The van der Waals surface area contributed by atoms with Gasteiger partial charge in [-0.1, -0.05) is 42.7 Å². The van der Waals surface area contributed by atoms with Crippen molar-refractivity contribution < 1.29 is 9.21 Å². The van der Waals surface area contributed by atoms with Crippen LogP contribution < -0.4 is 5.76 Å². The highest BCUT2D eigenvalue weighted by molar-refractivity contribution is 5.88. The predicted octanol–water partition coefficient (Wildman–Crippen LogP) is 3.97. The van der Waals surface area contributed by atoms with Crippen LogP contribution in [-0.2, 0) is 10.2 Å². The van der Waals surface area contributed by atoms with E-state index < -0.39 is 0 Å². The molecular formula is C24H27N3O3. The summed E-state index contributed by atoms with van der Waals surface area (Å²) in [6.45, 7) is 3.39. The molecule has 156 valence electrons. The molecule has 2 aromatic heterocycles. The fourth-order valence-electron chi connectivity index (χ4n) is 5.30. The fourth-order valence-corrected chi connectivity index (χ4v) is 5.30. The van der Waals surface area contributed by atoms with Crippen LogP contribution in [0.3, 0.4) is 0 Å². The van der Waals surface area contributed by atoms with Crippen LogP contribution in [0.1, 0.15) is 55.7 Å². The summed E-state index contributed by atoms with van der Waals surface area (Å²) >= 11 is 0. The number of fused-ring (bicyclic) bond motifs is 1. The van der Waals surface area contributed by atoms with Gasteiger partial charge in [0, 0.05) is 25.3 Å². The van der Waals surface area contributed by atoms with E-state index >= 15 is 0 Å². The van der Waals surface area contributed by atoms with Gasteiger partial charge in [0.1, 0.15) is 0 Å². The maximum Gasteiger partial charge on any atom is 0.421 e. The van der Waals surface area contributed by atoms with Crippen LogP contribution in [0.25, 0.3) is 11.2 Å². The van der Waals surface area contributed by atoms with Gasteiger partial charge in [-0.15, -0.1) is 0 Å². The lowest BCUT2D eigenvalue weighted by atomic mass is 9.77. The molecule has 1 aliphatic heterocycles. The van der Waals surface area contributed by atoms with Gasteiger partial charge in [-0.3, -0.25) is 9.36 Å². The number of piperidine rings is 1.